The van der Waals surface area contributed by atoms with E-state index < -0.39 is 11.7 Å². The van der Waals surface area contributed by atoms with Crippen molar-refractivity contribution in [2.75, 3.05) is 7.11 Å². The molecule has 0 aliphatic heterocycles. The fourth-order valence-electron chi connectivity index (χ4n) is 3.07. The molecule has 1 fully saturated rings. The van der Waals surface area contributed by atoms with Crippen molar-refractivity contribution in [1.29, 1.82) is 0 Å². The number of hydrogen-bond acceptors (Lipinski definition) is 3. The summed E-state index contributed by atoms with van der Waals surface area (Å²) in [6, 6.07) is 0. The maximum absolute atomic E-state index is 10.8. The summed E-state index contributed by atoms with van der Waals surface area (Å²) in [5, 5.41) is 10.8. The van der Waals surface area contributed by atoms with Crippen LogP contribution in [-0.2, 0) is 11.3 Å². The van der Waals surface area contributed by atoms with Gasteiger partial charge in [0.2, 0.25) is 0 Å². The molecule has 1 aromatic heterocycles. The van der Waals surface area contributed by atoms with E-state index in [1.54, 1.807) is 13.3 Å². The van der Waals surface area contributed by atoms with Crippen LogP contribution in [-0.4, -0.2) is 27.4 Å². The molecule has 1 N–H and O–H groups in total. The number of imidazole rings is 1. The minimum atomic E-state index is -0.633. The zero-order valence-electron chi connectivity index (χ0n) is 12.3. The average molecular weight is 266 g/mol. The first-order valence-electron chi connectivity index (χ1n) is 7.37. The van der Waals surface area contributed by atoms with Crippen LogP contribution in [0.3, 0.4) is 0 Å². The predicted molar refractivity (Wildman–Crippen MR) is 74.8 cm³/mol. The smallest absolute Gasteiger partial charge is 0.141 e. The lowest BCUT2D eigenvalue weighted by Crippen LogP contribution is -2.43. The molecule has 0 aromatic carbocycles. The third-order valence-electron chi connectivity index (χ3n) is 4.48. The maximum atomic E-state index is 10.8. The Labute approximate surface area is 115 Å². The number of ether oxygens (including phenoxy) is 1. The highest BCUT2D eigenvalue weighted by atomic mass is 16.5. The van der Waals surface area contributed by atoms with E-state index in [4.69, 9.17) is 4.74 Å². The van der Waals surface area contributed by atoms with Crippen LogP contribution in [0.15, 0.2) is 12.4 Å². The summed E-state index contributed by atoms with van der Waals surface area (Å²) < 4.78 is 7.79. The molecule has 1 atom stereocenters. The van der Waals surface area contributed by atoms with Crippen molar-refractivity contribution in [3.05, 3.63) is 18.2 Å². The van der Waals surface area contributed by atoms with Crippen molar-refractivity contribution < 1.29 is 9.84 Å². The molecular formula is C15H26N2O2. The number of hydrogen-bond donors (Lipinski definition) is 1. The van der Waals surface area contributed by atoms with Crippen LogP contribution in [0.25, 0.3) is 0 Å². The minimum Gasteiger partial charge on any atom is -0.382 e. The molecule has 1 heterocycles. The van der Waals surface area contributed by atoms with E-state index in [0.717, 1.165) is 50.4 Å². The summed E-state index contributed by atoms with van der Waals surface area (Å²) in [5.41, 5.74) is -0.455. The fraction of sp³-hybridized carbons (Fsp3) is 0.800. The second-order valence-corrected chi connectivity index (χ2v) is 5.83. The van der Waals surface area contributed by atoms with Crippen LogP contribution in [0.5, 0.6) is 0 Å². The monoisotopic (exact) mass is 266 g/mol. The molecule has 2 rings (SSSR count). The third-order valence-corrected chi connectivity index (χ3v) is 4.48. The lowest BCUT2D eigenvalue weighted by molar-refractivity contribution is -0.134. The van der Waals surface area contributed by atoms with Crippen molar-refractivity contribution in [2.24, 2.45) is 5.92 Å². The van der Waals surface area contributed by atoms with Crippen LogP contribution in [0.2, 0.25) is 0 Å². The van der Waals surface area contributed by atoms with E-state index in [9.17, 15) is 5.11 Å². The number of aryl methyl sites for hydroxylation is 1. The number of methoxy groups -OCH3 is 1. The van der Waals surface area contributed by atoms with E-state index in [1.807, 2.05) is 10.8 Å². The van der Waals surface area contributed by atoms with E-state index in [-0.39, 0.29) is 0 Å². The molecular weight excluding hydrogens is 240 g/mol. The van der Waals surface area contributed by atoms with Gasteiger partial charge in [0.15, 0.2) is 0 Å². The van der Waals surface area contributed by atoms with Gasteiger partial charge in [-0.15, -0.1) is 0 Å². The molecule has 0 spiro atoms. The molecule has 1 saturated carbocycles. The molecule has 1 aliphatic carbocycles. The Morgan fingerprint density at radius 3 is 2.79 bits per heavy atom. The van der Waals surface area contributed by atoms with Crippen LogP contribution in [0.1, 0.15) is 57.9 Å². The van der Waals surface area contributed by atoms with Crippen molar-refractivity contribution in [2.45, 2.75) is 64.2 Å². The average Bonchev–Trinajstić information content (AvgIpc) is 2.88. The molecule has 4 heteroatoms. The highest BCUT2D eigenvalue weighted by Crippen LogP contribution is 2.42. The molecule has 19 heavy (non-hydrogen) atoms. The highest BCUT2D eigenvalue weighted by Gasteiger charge is 2.43. The topological polar surface area (TPSA) is 47.3 Å². The summed E-state index contributed by atoms with van der Waals surface area (Å²) in [4.78, 5) is 4.35. The Kier molecular flexibility index (Phi) is 4.63. The van der Waals surface area contributed by atoms with Gasteiger partial charge in [-0.05, 0) is 38.0 Å². The second-order valence-electron chi connectivity index (χ2n) is 5.83. The van der Waals surface area contributed by atoms with E-state index in [1.165, 1.54) is 0 Å². The normalized spacial score (nSPS) is 29.4. The van der Waals surface area contributed by atoms with Gasteiger partial charge in [0.1, 0.15) is 17.5 Å². The summed E-state index contributed by atoms with van der Waals surface area (Å²) in [6.07, 6.45) is 8.15. The first-order chi connectivity index (χ1) is 9.13. The molecule has 0 saturated heterocycles. The summed E-state index contributed by atoms with van der Waals surface area (Å²) in [6.45, 7) is 5.29. The molecule has 0 bridgehead atoms. The molecule has 1 aliphatic rings. The SMILES string of the molecule is CCCn1ccnc1C(O)C1(OC)CCC(C)CC1. The number of rotatable bonds is 5. The minimum absolute atomic E-state index is 0.455. The molecule has 108 valence electrons. The van der Waals surface area contributed by atoms with Crippen molar-refractivity contribution in [1.82, 2.24) is 9.55 Å². The van der Waals surface area contributed by atoms with Crippen LogP contribution in [0.4, 0.5) is 0 Å². The summed E-state index contributed by atoms with van der Waals surface area (Å²) in [5.74, 6) is 1.48. The molecule has 0 radical (unpaired) electrons. The summed E-state index contributed by atoms with van der Waals surface area (Å²) in [7, 11) is 1.71. The zero-order valence-corrected chi connectivity index (χ0v) is 12.3. The van der Waals surface area contributed by atoms with Gasteiger partial charge in [-0.25, -0.2) is 4.98 Å². The number of aliphatic hydroxyl groups is 1. The Hall–Kier alpha value is -0.870. The lowest BCUT2D eigenvalue weighted by atomic mass is 9.76. The lowest BCUT2D eigenvalue weighted by Gasteiger charge is -2.41. The Morgan fingerprint density at radius 1 is 1.53 bits per heavy atom. The summed E-state index contributed by atoms with van der Waals surface area (Å²) >= 11 is 0. The largest absolute Gasteiger partial charge is 0.382 e. The van der Waals surface area contributed by atoms with Gasteiger partial charge < -0.3 is 14.4 Å². The Morgan fingerprint density at radius 2 is 2.21 bits per heavy atom. The van der Waals surface area contributed by atoms with E-state index in [0.29, 0.717) is 0 Å². The number of aromatic nitrogens is 2. The Bertz CT molecular complexity index is 395. The van der Waals surface area contributed by atoms with Crippen molar-refractivity contribution in [3.8, 4) is 0 Å². The van der Waals surface area contributed by atoms with Gasteiger partial charge in [-0.2, -0.15) is 0 Å². The van der Waals surface area contributed by atoms with Gasteiger partial charge in [0.05, 0.1) is 0 Å². The quantitative estimate of drug-likeness (QED) is 0.891. The standard InChI is InChI=1S/C15H26N2O2/c1-4-10-17-11-9-16-14(17)13(18)15(19-3)7-5-12(2)6-8-15/h9,11-13,18H,4-8,10H2,1-3H3. The number of aliphatic hydroxyl groups excluding tert-OH is 1. The molecule has 0 amide bonds. The Balaban J connectivity index is 2.20. The third kappa shape index (κ3) is 2.84. The van der Waals surface area contributed by atoms with Gasteiger partial charge in [0.25, 0.3) is 0 Å². The van der Waals surface area contributed by atoms with Gasteiger partial charge >= 0.3 is 0 Å². The van der Waals surface area contributed by atoms with Gasteiger partial charge in [-0.3, -0.25) is 0 Å². The molecule has 1 aromatic rings. The van der Waals surface area contributed by atoms with Crippen LogP contribution < -0.4 is 0 Å². The van der Waals surface area contributed by atoms with E-state index in [2.05, 4.69) is 18.8 Å². The molecule has 4 nitrogen and oxygen atoms in total. The second kappa shape index (κ2) is 6.06. The first-order valence-corrected chi connectivity index (χ1v) is 7.37. The first kappa shape index (κ1) is 14.5. The van der Waals surface area contributed by atoms with Crippen LogP contribution in [0, 0.1) is 5.92 Å². The van der Waals surface area contributed by atoms with Gasteiger partial charge in [0, 0.05) is 26.0 Å². The fourth-order valence-corrected chi connectivity index (χ4v) is 3.07. The number of nitrogens with zero attached hydrogens (tertiary/aromatic N) is 2. The van der Waals surface area contributed by atoms with Gasteiger partial charge in [-0.1, -0.05) is 13.8 Å². The maximum Gasteiger partial charge on any atom is 0.141 e. The van der Waals surface area contributed by atoms with Crippen LogP contribution >= 0.6 is 0 Å². The predicted octanol–water partition coefficient (Wildman–Crippen LogP) is 2.92. The van der Waals surface area contributed by atoms with Crippen molar-refractivity contribution in [3.63, 3.8) is 0 Å². The zero-order chi connectivity index (χ0) is 13.9. The van der Waals surface area contributed by atoms with E-state index >= 15 is 0 Å². The van der Waals surface area contributed by atoms with Crippen molar-refractivity contribution >= 4 is 0 Å². The highest BCUT2D eigenvalue weighted by molar-refractivity contribution is 5.06. The molecule has 1 unspecified atom stereocenters.